The molecule has 2 aromatic rings. The molecule has 1 aliphatic heterocycles. The highest BCUT2D eigenvalue weighted by Gasteiger charge is 2.13. The number of rotatable bonds is 3. The highest BCUT2D eigenvalue weighted by atomic mass is 16.6. The lowest BCUT2D eigenvalue weighted by atomic mass is 10.0. The Hall–Kier alpha value is -2.36. The van der Waals surface area contributed by atoms with Crippen LogP contribution in [0.3, 0.4) is 0 Å². The van der Waals surface area contributed by atoms with Gasteiger partial charge in [0.05, 0.1) is 4.92 Å². The van der Waals surface area contributed by atoms with Crippen molar-refractivity contribution >= 4 is 11.3 Å². The first-order chi connectivity index (χ1) is 8.74. The van der Waals surface area contributed by atoms with E-state index in [9.17, 15) is 10.1 Å². The Morgan fingerprint density at radius 3 is 2.72 bits per heavy atom. The molecule has 0 bridgehead atoms. The molecule has 4 heteroatoms. The van der Waals surface area contributed by atoms with Crippen LogP contribution in [0.15, 0.2) is 48.7 Å². The molecule has 0 amide bonds. The number of nitro groups is 1. The molecule has 1 aliphatic rings. The van der Waals surface area contributed by atoms with Crippen molar-refractivity contribution in [1.29, 1.82) is 0 Å². The van der Waals surface area contributed by atoms with Crippen molar-refractivity contribution in [2.45, 2.75) is 13.0 Å². The number of benzene rings is 1. The minimum atomic E-state index is -0.371. The van der Waals surface area contributed by atoms with E-state index in [-0.39, 0.29) is 10.6 Å². The molecule has 90 valence electrons. The second-order valence-corrected chi connectivity index (χ2v) is 4.38. The Morgan fingerprint density at radius 1 is 1.22 bits per heavy atom. The summed E-state index contributed by atoms with van der Waals surface area (Å²) in [4.78, 5) is 10.2. The number of aromatic nitrogens is 1. The van der Waals surface area contributed by atoms with Crippen molar-refractivity contribution in [1.82, 2.24) is 4.57 Å². The Morgan fingerprint density at radius 2 is 2.00 bits per heavy atom. The SMILES string of the molecule is O=[N+]([O-])c1ccc(CC2=CCn3cccc32)cc1. The van der Waals surface area contributed by atoms with Crippen molar-refractivity contribution in [3.63, 3.8) is 0 Å². The second kappa shape index (κ2) is 4.14. The Labute approximate surface area is 104 Å². The van der Waals surface area contributed by atoms with Gasteiger partial charge in [-0.2, -0.15) is 0 Å². The molecule has 3 rings (SSSR count). The van der Waals surface area contributed by atoms with Gasteiger partial charge in [-0.05, 0) is 29.7 Å². The summed E-state index contributed by atoms with van der Waals surface area (Å²) in [6.45, 7) is 0.921. The summed E-state index contributed by atoms with van der Waals surface area (Å²) >= 11 is 0. The first-order valence-corrected chi connectivity index (χ1v) is 5.82. The van der Waals surface area contributed by atoms with Crippen LogP contribution >= 0.6 is 0 Å². The fourth-order valence-corrected chi connectivity index (χ4v) is 2.30. The number of fused-ring (bicyclic) bond motifs is 1. The van der Waals surface area contributed by atoms with E-state index in [1.54, 1.807) is 12.1 Å². The average Bonchev–Trinajstić information content (AvgIpc) is 2.95. The molecule has 0 unspecified atom stereocenters. The molecule has 0 saturated carbocycles. The van der Waals surface area contributed by atoms with Crippen molar-refractivity contribution in [2.24, 2.45) is 0 Å². The maximum Gasteiger partial charge on any atom is 0.269 e. The Bertz CT molecular complexity index is 623. The van der Waals surface area contributed by atoms with Gasteiger partial charge < -0.3 is 4.57 Å². The Balaban J connectivity index is 1.80. The van der Waals surface area contributed by atoms with Crippen LogP contribution in [0.25, 0.3) is 5.57 Å². The van der Waals surface area contributed by atoms with Gasteiger partial charge in [-0.1, -0.05) is 18.2 Å². The molecule has 0 spiro atoms. The van der Waals surface area contributed by atoms with E-state index >= 15 is 0 Å². The third kappa shape index (κ3) is 1.82. The van der Waals surface area contributed by atoms with Gasteiger partial charge in [0.25, 0.3) is 5.69 Å². The number of allylic oxidation sites excluding steroid dienone is 2. The molecule has 1 aromatic heterocycles. The van der Waals surface area contributed by atoms with E-state index in [2.05, 4.69) is 22.9 Å². The average molecular weight is 240 g/mol. The summed E-state index contributed by atoms with van der Waals surface area (Å²) in [5.74, 6) is 0. The molecular weight excluding hydrogens is 228 g/mol. The monoisotopic (exact) mass is 240 g/mol. The molecule has 0 N–H and O–H groups in total. The van der Waals surface area contributed by atoms with Gasteiger partial charge in [0.15, 0.2) is 0 Å². The highest BCUT2D eigenvalue weighted by Crippen LogP contribution is 2.26. The third-order valence-electron chi connectivity index (χ3n) is 3.23. The van der Waals surface area contributed by atoms with Gasteiger partial charge in [0, 0.05) is 30.6 Å². The minimum Gasteiger partial charge on any atom is -0.344 e. The van der Waals surface area contributed by atoms with Crippen LogP contribution in [0.4, 0.5) is 5.69 Å². The van der Waals surface area contributed by atoms with Gasteiger partial charge >= 0.3 is 0 Å². The number of hydrogen-bond acceptors (Lipinski definition) is 2. The molecule has 4 nitrogen and oxygen atoms in total. The van der Waals surface area contributed by atoms with Crippen LogP contribution in [0.5, 0.6) is 0 Å². The van der Waals surface area contributed by atoms with E-state index in [0.29, 0.717) is 0 Å². The van der Waals surface area contributed by atoms with E-state index in [4.69, 9.17) is 0 Å². The highest BCUT2D eigenvalue weighted by molar-refractivity contribution is 5.68. The standard InChI is InChI=1S/C14H12N2O2/c17-16(18)13-5-3-11(4-6-13)10-12-7-9-15-8-1-2-14(12)15/h1-8H,9-10H2. The van der Waals surface area contributed by atoms with Crippen LogP contribution in [0, 0.1) is 10.1 Å². The molecule has 2 heterocycles. The van der Waals surface area contributed by atoms with Gasteiger partial charge in [0.1, 0.15) is 0 Å². The topological polar surface area (TPSA) is 48.1 Å². The second-order valence-electron chi connectivity index (χ2n) is 4.38. The van der Waals surface area contributed by atoms with Crippen LogP contribution in [-0.4, -0.2) is 9.49 Å². The van der Waals surface area contributed by atoms with Crippen LogP contribution in [0.2, 0.25) is 0 Å². The lowest BCUT2D eigenvalue weighted by molar-refractivity contribution is -0.384. The molecule has 18 heavy (non-hydrogen) atoms. The zero-order valence-electron chi connectivity index (χ0n) is 9.74. The summed E-state index contributed by atoms with van der Waals surface area (Å²) in [6.07, 6.45) is 5.09. The number of nitrogens with zero attached hydrogens (tertiary/aromatic N) is 2. The first kappa shape index (κ1) is 10.8. The Kier molecular flexibility index (Phi) is 2.48. The van der Waals surface area contributed by atoms with Crippen molar-refractivity contribution < 1.29 is 4.92 Å². The van der Waals surface area contributed by atoms with Crippen molar-refractivity contribution in [3.8, 4) is 0 Å². The van der Waals surface area contributed by atoms with E-state index in [1.807, 2.05) is 18.2 Å². The van der Waals surface area contributed by atoms with Crippen LogP contribution < -0.4 is 0 Å². The van der Waals surface area contributed by atoms with E-state index in [1.165, 1.54) is 11.3 Å². The van der Waals surface area contributed by atoms with E-state index in [0.717, 1.165) is 18.5 Å². The molecular formula is C14H12N2O2. The van der Waals surface area contributed by atoms with Gasteiger partial charge in [0.2, 0.25) is 0 Å². The molecule has 0 saturated heterocycles. The zero-order valence-corrected chi connectivity index (χ0v) is 9.74. The van der Waals surface area contributed by atoms with Crippen LogP contribution in [-0.2, 0) is 13.0 Å². The smallest absolute Gasteiger partial charge is 0.269 e. The molecule has 0 atom stereocenters. The molecule has 0 radical (unpaired) electrons. The summed E-state index contributed by atoms with van der Waals surface area (Å²) in [7, 11) is 0. The third-order valence-corrected chi connectivity index (χ3v) is 3.23. The minimum absolute atomic E-state index is 0.141. The fourth-order valence-electron chi connectivity index (χ4n) is 2.30. The summed E-state index contributed by atoms with van der Waals surface area (Å²) in [5.41, 5.74) is 3.77. The number of hydrogen-bond donors (Lipinski definition) is 0. The first-order valence-electron chi connectivity index (χ1n) is 5.82. The maximum absolute atomic E-state index is 10.6. The molecule has 1 aromatic carbocycles. The summed E-state index contributed by atoms with van der Waals surface area (Å²) < 4.78 is 2.20. The number of non-ortho nitro benzene ring substituents is 1. The predicted octanol–water partition coefficient (Wildman–Crippen LogP) is 3.04. The molecule has 0 aliphatic carbocycles. The zero-order chi connectivity index (χ0) is 12.5. The van der Waals surface area contributed by atoms with Gasteiger partial charge in [-0.15, -0.1) is 0 Å². The largest absolute Gasteiger partial charge is 0.344 e. The van der Waals surface area contributed by atoms with Crippen molar-refractivity contribution in [3.05, 3.63) is 70.0 Å². The maximum atomic E-state index is 10.6. The summed E-state index contributed by atoms with van der Waals surface area (Å²) in [6, 6.07) is 10.9. The molecule has 0 fully saturated rings. The van der Waals surface area contributed by atoms with Gasteiger partial charge in [-0.25, -0.2) is 0 Å². The predicted molar refractivity (Wildman–Crippen MR) is 69.2 cm³/mol. The van der Waals surface area contributed by atoms with E-state index < -0.39 is 0 Å². The lowest BCUT2D eigenvalue weighted by Gasteiger charge is -2.03. The lowest BCUT2D eigenvalue weighted by Crippen LogP contribution is -1.93. The fraction of sp³-hybridized carbons (Fsp3) is 0.143. The normalized spacial score (nSPS) is 13.2. The summed E-state index contributed by atoms with van der Waals surface area (Å²) in [5, 5.41) is 10.6. The quantitative estimate of drug-likeness (QED) is 0.611. The number of nitro benzene ring substituents is 1. The van der Waals surface area contributed by atoms with Gasteiger partial charge in [-0.3, -0.25) is 10.1 Å². The van der Waals surface area contributed by atoms with Crippen molar-refractivity contribution in [2.75, 3.05) is 0 Å². The van der Waals surface area contributed by atoms with Crippen LogP contribution in [0.1, 0.15) is 11.3 Å².